The molecule has 0 N–H and O–H groups in total. The molecule has 3 rings (SSSR count). The Kier molecular flexibility index (Phi) is 4.80. The Bertz CT molecular complexity index is 727. The first-order valence-electron chi connectivity index (χ1n) is 7.13. The zero-order valence-electron chi connectivity index (χ0n) is 12.2. The zero-order chi connectivity index (χ0) is 15.5. The third-order valence-electron chi connectivity index (χ3n) is 3.52. The SMILES string of the molecule is CCOC(=O)C1CSCCN1Cc1cc(=O)n2ccsc2n1. The van der Waals surface area contributed by atoms with Gasteiger partial charge in [0.2, 0.25) is 0 Å². The van der Waals surface area contributed by atoms with E-state index in [9.17, 15) is 9.59 Å². The minimum Gasteiger partial charge on any atom is -0.465 e. The number of esters is 1. The highest BCUT2D eigenvalue weighted by Gasteiger charge is 2.30. The van der Waals surface area contributed by atoms with Crippen molar-refractivity contribution < 1.29 is 9.53 Å². The summed E-state index contributed by atoms with van der Waals surface area (Å²) in [5, 5.41) is 1.84. The molecule has 118 valence electrons. The molecule has 8 heteroatoms. The fourth-order valence-electron chi connectivity index (χ4n) is 2.46. The van der Waals surface area contributed by atoms with Gasteiger partial charge in [-0.2, -0.15) is 11.8 Å². The van der Waals surface area contributed by atoms with Gasteiger partial charge >= 0.3 is 5.97 Å². The molecule has 1 aliphatic heterocycles. The van der Waals surface area contributed by atoms with Gasteiger partial charge in [-0.25, -0.2) is 4.98 Å². The number of hydrogen-bond acceptors (Lipinski definition) is 7. The lowest BCUT2D eigenvalue weighted by atomic mass is 10.2. The summed E-state index contributed by atoms with van der Waals surface area (Å²) in [6.07, 6.45) is 1.72. The van der Waals surface area contributed by atoms with Crippen LogP contribution in [0.25, 0.3) is 4.96 Å². The quantitative estimate of drug-likeness (QED) is 0.781. The molecule has 2 aromatic rings. The molecule has 0 radical (unpaired) electrons. The second kappa shape index (κ2) is 6.80. The van der Waals surface area contributed by atoms with E-state index in [1.54, 1.807) is 24.0 Å². The first-order chi connectivity index (χ1) is 10.7. The molecule has 1 atom stereocenters. The Morgan fingerprint density at radius 1 is 1.55 bits per heavy atom. The fraction of sp³-hybridized carbons (Fsp3) is 0.500. The average Bonchev–Trinajstić information content (AvgIpc) is 2.97. The topological polar surface area (TPSA) is 63.9 Å². The van der Waals surface area contributed by atoms with Crippen LogP contribution in [0.4, 0.5) is 0 Å². The molecule has 0 amide bonds. The second-order valence-electron chi connectivity index (χ2n) is 4.95. The number of nitrogens with zero attached hydrogens (tertiary/aromatic N) is 3. The molecule has 0 aliphatic carbocycles. The van der Waals surface area contributed by atoms with Crippen molar-refractivity contribution in [2.24, 2.45) is 0 Å². The first-order valence-corrected chi connectivity index (χ1v) is 9.16. The van der Waals surface area contributed by atoms with E-state index in [1.807, 2.05) is 12.3 Å². The van der Waals surface area contributed by atoms with Crippen LogP contribution in [0.1, 0.15) is 12.6 Å². The number of thioether (sulfide) groups is 1. The molecule has 1 fully saturated rings. The molecule has 0 aromatic carbocycles. The highest BCUT2D eigenvalue weighted by molar-refractivity contribution is 7.99. The van der Waals surface area contributed by atoms with Crippen LogP contribution in [0.5, 0.6) is 0 Å². The fourth-order valence-corrected chi connectivity index (χ4v) is 4.30. The van der Waals surface area contributed by atoms with Gasteiger partial charge in [0.05, 0.1) is 12.3 Å². The van der Waals surface area contributed by atoms with Crippen molar-refractivity contribution in [2.75, 3.05) is 24.7 Å². The number of carbonyl (C=O) groups excluding carboxylic acids is 1. The van der Waals surface area contributed by atoms with Gasteiger partial charge in [0, 0.05) is 42.2 Å². The van der Waals surface area contributed by atoms with Gasteiger partial charge in [-0.1, -0.05) is 0 Å². The molecule has 3 heterocycles. The van der Waals surface area contributed by atoms with Gasteiger partial charge in [-0.05, 0) is 6.92 Å². The van der Waals surface area contributed by atoms with E-state index in [2.05, 4.69) is 9.88 Å². The Morgan fingerprint density at radius 3 is 3.23 bits per heavy atom. The molecule has 6 nitrogen and oxygen atoms in total. The Hall–Kier alpha value is -1.38. The predicted molar refractivity (Wildman–Crippen MR) is 87.5 cm³/mol. The van der Waals surface area contributed by atoms with Gasteiger partial charge in [0.15, 0.2) is 4.96 Å². The molecule has 1 aliphatic rings. The summed E-state index contributed by atoms with van der Waals surface area (Å²) in [7, 11) is 0. The van der Waals surface area contributed by atoms with E-state index in [1.165, 1.54) is 15.7 Å². The van der Waals surface area contributed by atoms with Crippen LogP contribution in [-0.2, 0) is 16.1 Å². The van der Waals surface area contributed by atoms with Crippen LogP contribution >= 0.6 is 23.1 Å². The van der Waals surface area contributed by atoms with Crippen molar-refractivity contribution in [3.8, 4) is 0 Å². The largest absolute Gasteiger partial charge is 0.465 e. The zero-order valence-corrected chi connectivity index (χ0v) is 13.9. The average molecular weight is 339 g/mol. The lowest BCUT2D eigenvalue weighted by Crippen LogP contribution is -2.47. The minimum atomic E-state index is -0.262. The van der Waals surface area contributed by atoms with E-state index in [0.717, 1.165) is 18.1 Å². The lowest BCUT2D eigenvalue weighted by molar-refractivity contribution is -0.148. The molecule has 1 saturated heterocycles. The molecule has 22 heavy (non-hydrogen) atoms. The van der Waals surface area contributed by atoms with Crippen LogP contribution in [-0.4, -0.2) is 51.0 Å². The van der Waals surface area contributed by atoms with Crippen molar-refractivity contribution in [3.63, 3.8) is 0 Å². The third-order valence-corrected chi connectivity index (χ3v) is 5.30. The Morgan fingerprint density at radius 2 is 2.41 bits per heavy atom. The monoisotopic (exact) mass is 339 g/mol. The summed E-state index contributed by atoms with van der Waals surface area (Å²) in [5.74, 6) is 1.50. The minimum absolute atomic E-state index is 0.0830. The van der Waals surface area contributed by atoms with Crippen LogP contribution in [0.15, 0.2) is 22.4 Å². The van der Waals surface area contributed by atoms with Crippen LogP contribution in [0.2, 0.25) is 0 Å². The van der Waals surface area contributed by atoms with Gasteiger partial charge < -0.3 is 4.74 Å². The van der Waals surface area contributed by atoms with Gasteiger partial charge in [0.25, 0.3) is 5.56 Å². The first kappa shape index (κ1) is 15.5. The molecule has 1 unspecified atom stereocenters. The summed E-state index contributed by atoms with van der Waals surface area (Å²) in [6.45, 7) is 3.48. The maximum absolute atomic E-state index is 12.1. The van der Waals surface area contributed by atoms with Crippen LogP contribution in [0, 0.1) is 0 Å². The Labute approximate surface area is 136 Å². The van der Waals surface area contributed by atoms with Crippen molar-refractivity contribution in [1.82, 2.24) is 14.3 Å². The standard InChI is InChI=1S/C14H17N3O3S2/c1-2-20-13(19)11-9-21-5-3-16(11)8-10-7-12(18)17-4-6-22-14(17)15-10/h4,6-7,11H,2-3,5,8-9H2,1H3. The third kappa shape index (κ3) is 3.18. The summed E-state index contributed by atoms with van der Waals surface area (Å²) in [4.78, 5) is 31.4. The number of fused-ring (bicyclic) bond motifs is 1. The number of carbonyl (C=O) groups is 1. The van der Waals surface area contributed by atoms with Gasteiger partial charge in [0.1, 0.15) is 6.04 Å². The predicted octanol–water partition coefficient (Wildman–Crippen LogP) is 1.24. The van der Waals surface area contributed by atoms with Crippen molar-refractivity contribution in [3.05, 3.63) is 33.7 Å². The number of thiazole rings is 1. The highest BCUT2D eigenvalue weighted by Crippen LogP contribution is 2.20. The molecule has 0 spiro atoms. The summed E-state index contributed by atoms with van der Waals surface area (Å²) < 4.78 is 6.68. The number of aromatic nitrogens is 2. The van der Waals surface area contributed by atoms with E-state index in [0.29, 0.717) is 23.8 Å². The van der Waals surface area contributed by atoms with Crippen LogP contribution in [0.3, 0.4) is 0 Å². The molecule has 0 saturated carbocycles. The van der Waals surface area contributed by atoms with E-state index in [-0.39, 0.29) is 17.6 Å². The van der Waals surface area contributed by atoms with Crippen molar-refractivity contribution in [2.45, 2.75) is 19.5 Å². The van der Waals surface area contributed by atoms with E-state index < -0.39 is 0 Å². The van der Waals surface area contributed by atoms with E-state index in [4.69, 9.17) is 4.74 Å². The molecule has 0 bridgehead atoms. The summed E-state index contributed by atoms with van der Waals surface area (Å²) >= 11 is 3.18. The molecular formula is C14H17N3O3S2. The summed E-state index contributed by atoms with van der Waals surface area (Å²) in [6, 6.07) is 1.28. The van der Waals surface area contributed by atoms with Crippen molar-refractivity contribution >= 4 is 34.0 Å². The maximum atomic E-state index is 12.1. The van der Waals surface area contributed by atoms with Crippen LogP contribution < -0.4 is 5.56 Å². The van der Waals surface area contributed by atoms with E-state index >= 15 is 0 Å². The van der Waals surface area contributed by atoms with Crippen molar-refractivity contribution in [1.29, 1.82) is 0 Å². The highest BCUT2D eigenvalue weighted by atomic mass is 32.2. The number of ether oxygens (including phenoxy) is 1. The number of rotatable bonds is 4. The second-order valence-corrected chi connectivity index (χ2v) is 6.98. The molecule has 2 aromatic heterocycles. The van der Waals surface area contributed by atoms with Gasteiger partial charge in [-0.15, -0.1) is 11.3 Å². The number of hydrogen-bond donors (Lipinski definition) is 0. The Balaban J connectivity index is 1.82. The normalized spacial score (nSPS) is 19.4. The summed E-state index contributed by atoms with van der Waals surface area (Å²) in [5.41, 5.74) is 0.619. The smallest absolute Gasteiger partial charge is 0.324 e. The lowest BCUT2D eigenvalue weighted by Gasteiger charge is -2.33. The van der Waals surface area contributed by atoms with Gasteiger partial charge in [-0.3, -0.25) is 18.9 Å². The maximum Gasteiger partial charge on any atom is 0.324 e. The molecular weight excluding hydrogens is 322 g/mol.